The zero-order valence-corrected chi connectivity index (χ0v) is 15.2. The van der Waals surface area contributed by atoms with Gasteiger partial charge in [-0.25, -0.2) is 0 Å². The molecule has 0 aliphatic rings. The van der Waals surface area contributed by atoms with Crippen molar-refractivity contribution < 1.29 is 9.53 Å². The van der Waals surface area contributed by atoms with Gasteiger partial charge >= 0.3 is 0 Å². The molecular formula is C19H25N5O2. The van der Waals surface area contributed by atoms with Crippen LogP contribution >= 0.6 is 0 Å². The number of carbonyl (C=O) groups is 1. The fourth-order valence-electron chi connectivity index (χ4n) is 2.33. The van der Waals surface area contributed by atoms with Crippen LogP contribution in [0.4, 0.5) is 0 Å². The highest BCUT2D eigenvalue weighted by Crippen LogP contribution is 2.06. The summed E-state index contributed by atoms with van der Waals surface area (Å²) in [7, 11) is 3.35. The summed E-state index contributed by atoms with van der Waals surface area (Å²) in [6.07, 6.45) is 4.18. The third-order valence-electron chi connectivity index (χ3n) is 3.64. The average molecular weight is 355 g/mol. The molecule has 0 fully saturated rings. The number of hydrogen-bond acceptors (Lipinski definition) is 4. The van der Waals surface area contributed by atoms with E-state index in [1.807, 2.05) is 30.3 Å². The number of benzene rings is 1. The van der Waals surface area contributed by atoms with Crippen molar-refractivity contribution >= 4 is 11.9 Å². The van der Waals surface area contributed by atoms with E-state index in [4.69, 9.17) is 4.74 Å². The largest absolute Gasteiger partial charge is 0.490 e. The van der Waals surface area contributed by atoms with Gasteiger partial charge in [-0.3, -0.25) is 14.8 Å². The van der Waals surface area contributed by atoms with E-state index in [1.165, 1.54) is 0 Å². The van der Waals surface area contributed by atoms with E-state index in [9.17, 15) is 4.79 Å². The van der Waals surface area contributed by atoms with Gasteiger partial charge in [-0.15, -0.1) is 0 Å². The second kappa shape index (κ2) is 10.7. The Balaban J connectivity index is 1.69. The fraction of sp³-hybridized carbons (Fsp3) is 0.316. The Kier molecular flexibility index (Phi) is 7.92. The zero-order chi connectivity index (χ0) is 18.6. The maximum Gasteiger partial charge on any atom is 0.251 e. The SMILES string of the molecule is CN=C(NCCOc1cccnc1)NCCc1cccc(C(=O)NC)c1. The standard InChI is InChI=1S/C19H25N5O2/c1-20-18(25)16-6-3-5-15(13-16)8-10-23-19(21-2)24-11-12-26-17-7-4-9-22-14-17/h3-7,9,13-14H,8,10-12H2,1-2H3,(H,20,25)(H2,21,23,24). The highest BCUT2D eigenvalue weighted by molar-refractivity contribution is 5.94. The van der Waals surface area contributed by atoms with Crippen molar-refractivity contribution in [3.05, 3.63) is 59.9 Å². The van der Waals surface area contributed by atoms with Gasteiger partial charge in [0.1, 0.15) is 12.4 Å². The first-order valence-electron chi connectivity index (χ1n) is 8.51. The molecule has 26 heavy (non-hydrogen) atoms. The number of nitrogens with zero attached hydrogens (tertiary/aromatic N) is 2. The number of hydrogen-bond donors (Lipinski definition) is 3. The van der Waals surface area contributed by atoms with Crippen LogP contribution in [0.2, 0.25) is 0 Å². The van der Waals surface area contributed by atoms with Gasteiger partial charge in [-0.05, 0) is 36.2 Å². The summed E-state index contributed by atoms with van der Waals surface area (Å²) in [4.78, 5) is 19.9. The van der Waals surface area contributed by atoms with E-state index >= 15 is 0 Å². The van der Waals surface area contributed by atoms with Crippen LogP contribution in [0.25, 0.3) is 0 Å². The van der Waals surface area contributed by atoms with Gasteiger partial charge in [0.05, 0.1) is 12.7 Å². The third kappa shape index (κ3) is 6.43. The molecule has 1 aromatic carbocycles. The quantitative estimate of drug-likeness (QED) is 0.377. The van der Waals surface area contributed by atoms with Gasteiger partial charge in [0.2, 0.25) is 0 Å². The van der Waals surface area contributed by atoms with Crippen molar-refractivity contribution in [2.24, 2.45) is 4.99 Å². The van der Waals surface area contributed by atoms with Crippen LogP contribution in [0.5, 0.6) is 5.75 Å². The molecule has 7 heteroatoms. The summed E-state index contributed by atoms with van der Waals surface area (Å²) >= 11 is 0. The molecule has 0 radical (unpaired) electrons. The highest BCUT2D eigenvalue weighted by Gasteiger charge is 2.04. The lowest BCUT2D eigenvalue weighted by Gasteiger charge is -2.12. The second-order valence-electron chi connectivity index (χ2n) is 5.49. The smallest absolute Gasteiger partial charge is 0.251 e. The maximum absolute atomic E-state index is 11.7. The summed E-state index contributed by atoms with van der Waals surface area (Å²) in [5, 5.41) is 9.08. The topological polar surface area (TPSA) is 87.6 Å². The first-order valence-corrected chi connectivity index (χ1v) is 8.51. The molecule has 0 saturated carbocycles. The molecule has 2 aromatic rings. The second-order valence-corrected chi connectivity index (χ2v) is 5.49. The summed E-state index contributed by atoms with van der Waals surface area (Å²) in [5.41, 5.74) is 1.76. The van der Waals surface area contributed by atoms with Crippen LogP contribution in [-0.2, 0) is 6.42 Å². The monoisotopic (exact) mass is 355 g/mol. The number of nitrogens with one attached hydrogen (secondary N) is 3. The molecule has 138 valence electrons. The molecule has 1 amide bonds. The lowest BCUT2D eigenvalue weighted by atomic mass is 10.1. The number of carbonyl (C=O) groups excluding carboxylic acids is 1. The van der Waals surface area contributed by atoms with Crippen molar-refractivity contribution in [1.82, 2.24) is 20.9 Å². The van der Waals surface area contributed by atoms with Gasteiger partial charge in [0, 0.05) is 32.4 Å². The molecule has 0 unspecified atom stereocenters. The van der Waals surface area contributed by atoms with Gasteiger partial charge in [-0.1, -0.05) is 12.1 Å². The summed E-state index contributed by atoms with van der Waals surface area (Å²) in [6.45, 7) is 1.85. The molecule has 0 atom stereocenters. The van der Waals surface area contributed by atoms with E-state index in [0.29, 0.717) is 31.2 Å². The Morgan fingerprint density at radius 3 is 2.77 bits per heavy atom. The lowest BCUT2D eigenvalue weighted by Crippen LogP contribution is -2.40. The van der Waals surface area contributed by atoms with Crippen molar-refractivity contribution in [3.8, 4) is 5.75 Å². The number of guanidine groups is 1. The molecule has 3 N–H and O–H groups in total. The molecule has 1 heterocycles. The van der Waals surface area contributed by atoms with Gasteiger partial charge in [-0.2, -0.15) is 0 Å². The van der Waals surface area contributed by atoms with Gasteiger partial charge in [0.25, 0.3) is 5.91 Å². The molecule has 0 bridgehead atoms. The average Bonchev–Trinajstić information content (AvgIpc) is 2.70. The Morgan fingerprint density at radius 2 is 2.04 bits per heavy atom. The Bertz CT molecular complexity index is 719. The maximum atomic E-state index is 11.7. The normalized spacial score (nSPS) is 10.9. The molecule has 1 aromatic heterocycles. The van der Waals surface area contributed by atoms with Crippen molar-refractivity contribution in [2.45, 2.75) is 6.42 Å². The van der Waals surface area contributed by atoms with Crippen LogP contribution in [0, 0.1) is 0 Å². The minimum atomic E-state index is -0.0779. The first kappa shape index (κ1) is 19.2. The number of aliphatic imine (C=N–C) groups is 1. The molecular weight excluding hydrogens is 330 g/mol. The first-order chi connectivity index (χ1) is 12.7. The van der Waals surface area contributed by atoms with Gasteiger partial charge < -0.3 is 20.7 Å². The number of amides is 1. The molecule has 0 spiro atoms. The summed E-state index contributed by atoms with van der Waals surface area (Å²) < 4.78 is 5.58. The number of rotatable bonds is 8. The van der Waals surface area contributed by atoms with Gasteiger partial charge in [0.15, 0.2) is 5.96 Å². The summed E-state index contributed by atoms with van der Waals surface area (Å²) in [6, 6.07) is 11.3. The minimum absolute atomic E-state index is 0.0779. The third-order valence-corrected chi connectivity index (χ3v) is 3.64. The predicted octanol–water partition coefficient (Wildman–Crippen LogP) is 1.23. The van der Waals surface area contributed by atoms with Crippen LogP contribution in [0.15, 0.2) is 53.8 Å². The predicted molar refractivity (Wildman–Crippen MR) is 103 cm³/mol. The number of pyridine rings is 1. The van der Waals surface area contributed by atoms with Crippen LogP contribution in [-0.4, -0.2) is 50.6 Å². The highest BCUT2D eigenvalue weighted by atomic mass is 16.5. The van der Waals surface area contributed by atoms with E-state index in [1.54, 1.807) is 32.6 Å². The zero-order valence-electron chi connectivity index (χ0n) is 15.2. The van der Waals surface area contributed by atoms with Crippen molar-refractivity contribution in [2.75, 3.05) is 33.8 Å². The fourth-order valence-corrected chi connectivity index (χ4v) is 2.33. The molecule has 0 aliphatic heterocycles. The summed E-state index contributed by atoms with van der Waals surface area (Å²) in [5.74, 6) is 1.38. The Labute approximate surface area is 153 Å². The van der Waals surface area contributed by atoms with E-state index in [2.05, 4.69) is 25.9 Å². The molecule has 2 rings (SSSR count). The van der Waals surface area contributed by atoms with E-state index < -0.39 is 0 Å². The van der Waals surface area contributed by atoms with Crippen molar-refractivity contribution in [3.63, 3.8) is 0 Å². The minimum Gasteiger partial charge on any atom is -0.490 e. The molecule has 0 saturated heterocycles. The van der Waals surface area contributed by atoms with Crippen LogP contribution in [0.1, 0.15) is 15.9 Å². The Morgan fingerprint density at radius 1 is 1.19 bits per heavy atom. The van der Waals surface area contributed by atoms with E-state index in [0.717, 1.165) is 17.7 Å². The van der Waals surface area contributed by atoms with Crippen LogP contribution < -0.4 is 20.7 Å². The van der Waals surface area contributed by atoms with Crippen LogP contribution in [0.3, 0.4) is 0 Å². The van der Waals surface area contributed by atoms with E-state index in [-0.39, 0.29) is 5.91 Å². The number of ether oxygens (including phenoxy) is 1. The lowest BCUT2D eigenvalue weighted by molar-refractivity contribution is 0.0963. The molecule has 7 nitrogen and oxygen atoms in total. The Hall–Kier alpha value is -3.09. The van der Waals surface area contributed by atoms with Crippen molar-refractivity contribution in [1.29, 1.82) is 0 Å². The number of aromatic nitrogens is 1. The molecule has 0 aliphatic carbocycles.